The van der Waals surface area contributed by atoms with Crippen LogP contribution in [0.3, 0.4) is 0 Å². The third kappa shape index (κ3) is 3.77. The molecule has 1 N–H and O–H groups in total. The van der Waals surface area contributed by atoms with E-state index in [1.165, 1.54) is 0 Å². The fourth-order valence-corrected chi connectivity index (χ4v) is 3.66. The van der Waals surface area contributed by atoms with Crippen molar-refractivity contribution in [1.82, 2.24) is 10.3 Å². The van der Waals surface area contributed by atoms with Gasteiger partial charge in [-0.3, -0.25) is 4.79 Å². The van der Waals surface area contributed by atoms with Crippen molar-refractivity contribution in [2.24, 2.45) is 4.99 Å². The summed E-state index contributed by atoms with van der Waals surface area (Å²) in [5, 5.41) is 5.48. The highest BCUT2D eigenvalue weighted by molar-refractivity contribution is 7.78. The molecule has 0 radical (unpaired) electrons. The van der Waals surface area contributed by atoms with Crippen molar-refractivity contribution < 1.29 is 9.53 Å². The molecule has 28 heavy (non-hydrogen) atoms. The first-order valence-electron chi connectivity index (χ1n) is 9.45. The van der Waals surface area contributed by atoms with E-state index in [0.29, 0.717) is 5.69 Å². The first kappa shape index (κ1) is 18.6. The number of aliphatic imine (C=N–C) groups is 1. The number of amides is 1. The first-order valence-corrected chi connectivity index (χ1v) is 9.86. The van der Waals surface area contributed by atoms with Gasteiger partial charge in [-0.1, -0.05) is 12.1 Å². The SMILES string of the molecule is COc1ccc(-c2cnc(C(=O)N[C@H]3C[C@@H](N=C=S)C3)c(N3CCC3)c2)cc1. The maximum Gasteiger partial charge on any atom is 0.272 e. The van der Waals surface area contributed by atoms with Gasteiger partial charge in [0, 0.05) is 30.9 Å². The van der Waals surface area contributed by atoms with E-state index in [-0.39, 0.29) is 18.0 Å². The number of ether oxygens (including phenoxy) is 1. The lowest BCUT2D eigenvalue weighted by Crippen LogP contribution is -2.47. The molecule has 0 bridgehead atoms. The highest BCUT2D eigenvalue weighted by atomic mass is 32.1. The van der Waals surface area contributed by atoms with Crippen LogP contribution in [-0.4, -0.2) is 48.3 Å². The molecule has 144 valence electrons. The van der Waals surface area contributed by atoms with Gasteiger partial charge in [-0.05, 0) is 55.2 Å². The number of aromatic nitrogens is 1. The second kappa shape index (κ2) is 8.09. The summed E-state index contributed by atoms with van der Waals surface area (Å²) < 4.78 is 5.23. The summed E-state index contributed by atoms with van der Waals surface area (Å²) in [6.07, 6.45) is 4.50. The molecule has 7 heteroatoms. The van der Waals surface area contributed by atoms with E-state index in [4.69, 9.17) is 4.74 Å². The fraction of sp³-hybridized carbons (Fsp3) is 0.381. The molecule has 0 unspecified atom stereocenters. The maximum atomic E-state index is 12.8. The molecule has 1 aromatic heterocycles. The maximum absolute atomic E-state index is 12.8. The second-order valence-electron chi connectivity index (χ2n) is 7.18. The summed E-state index contributed by atoms with van der Waals surface area (Å²) in [5.41, 5.74) is 3.41. The third-order valence-corrected chi connectivity index (χ3v) is 5.49. The summed E-state index contributed by atoms with van der Waals surface area (Å²) in [4.78, 5) is 23.6. The lowest BCUT2D eigenvalue weighted by Gasteiger charge is -2.35. The van der Waals surface area contributed by atoms with E-state index < -0.39 is 0 Å². The number of rotatable bonds is 6. The number of thiocarbonyl (C=S) groups is 1. The summed E-state index contributed by atoms with van der Waals surface area (Å²) in [6, 6.07) is 10.2. The quantitative estimate of drug-likeness (QED) is 0.601. The molecule has 2 heterocycles. The molecule has 1 aliphatic heterocycles. The number of carbonyl (C=O) groups is 1. The molecule has 6 nitrogen and oxygen atoms in total. The largest absolute Gasteiger partial charge is 0.497 e. The van der Waals surface area contributed by atoms with Gasteiger partial charge in [-0.15, -0.1) is 0 Å². The van der Waals surface area contributed by atoms with Gasteiger partial charge in [0.05, 0.1) is 24.0 Å². The smallest absolute Gasteiger partial charge is 0.272 e. The predicted octanol–water partition coefficient (Wildman–Crippen LogP) is 3.33. The molecular formula is C21H22N4O2S. The highest BCUT2D eigenvalue weighted by Gasteiger charge is 2.31. The number of anilines is 1. The fourth-order valence-electron chi connectivity index (χ4n) is 3.51. The van der Waals surface area contributed by atoms with Gasteiger partial charge in [-0.25, -0.2) is 9.98 Å². The van der Waals surface area contributed by atoms with Crippen LogP contribution in [0.15, 0.2) is 41.5 Å². The van der Waals surface area contributed by atoms with E-state index in [9.17, 15) is 4.79 Å². The minimum absolute atomic E-state index is 0.122. The van der Waals surface area contributed by atoms with Crippen molar-refractivity contribution in [3.8, 4) is 16.9 Å². The Morgan fingerprint density at radius 3 is 2.64 bits per heavy atom. The number of carbonyl (C=O) groups excluding carboxylic acids is 1. The average molecular weight is 395 g/mol. The molecular weight excluding hydrogens is 372 g/mol. The molecule has 1 amide bonds. The van der Waals surface area contributed by atoms with Crippen LogP contribution in [0.2, 0.25) is 0 Å². The Bertz CT molecular complexity index is 915. The molecule has 4 rings (SSSR count). The Balaban J connectivity index is 1.55. The number of isothiocyanates is 1. The van der Waals surface area contributed by atoms with Crippen molar-refractivity contribution in [3.63, 3.8) is 0 Å². The van der Waals surface area contributed by atoms with E-state index in [2.05, 4.69) is 43.6 Å². The number of hydrogen-bond acceptors (Lipinski definition) is 6. The summed E-state index contributed by atoms with van der Waals surface area (Å²) in [7, 11) is 1.65. The normalized spacial score (nSPS) is 20.4. The van der Waals surface area contributed by atoms with Crippen molar-refractivity contribution in [1.29, 1.82) is 0 Å². The topological polar surface area (TPSA) is 66.8 Å². The Morgan fingerprint density at radius 2 is 2.04 bits per heavy atom. The number of nitrogens with one attached hydrogen (secondary N) is 1. The third-order valence-electron chi connectivity index (χ3n) is 5.39. The Labute approximate surface area is 169 Å². The van der Waals surface area contributed by atoms with Crippen LogP contribution >= 0.6 is 12.2 Å². The van der Waals surface area contributed by atoms with E-state index >= 15 is 0 Å². The van der Waals surface area contributed by atoms with Crippen molar-refractivity contribution >= 4 is 29.0 Å². The molecule has 1 saturated heterocycles. The van der Waals surface area contributed by atoms with Crippen LogP contribution in [0, 0.1) is 0 Å². The number of hydrogen-bond donors (Lipinski definition) is 1. The van der Waals surface area contributed by atoms with E-state index in [1.807, 2.05) is 24.3 Å². The number of benzene rings is 1. The zero-order valence-corrected chi connectivity index (χ0v) is 16.5. The zero-order chi connectivity index (χ0) is 19.5. The molecule has 0 spiro atoms. The van der Waals surface area contributed by atoms with Crippen LogP contribution in [0.1, 0.15) is 29.8 Å². The van der Waals surface area contributed by atoms with Crippen LogP contribution < -0.4 is 15.0 Å². The Morgan fingerprint density at radius 1 is 1.29 bits per heavy atom. The molecule has 2 aliphatic rings. The van der Waals surface area contributed by atoms with Crippen LogP contribution in [0.5, 0.6) is 5.75 Å². The van der Waals surface area contributed by atoms with Gasteiger partial charge < -0.3 is 15.0 Å². The van der Waals surface area contributed by atoms with Crippen LogP contribution in [0.25, 0.3) is 11.1 Å². The van der Waals surface area contributed by atoms with Gasteiger partial charge in [-0.2, -0.15) is 0 Å². The highest BCUT2D eigenvalue weighted by Crippen LogP contribution is 2.31. The van der Waals surface area contributed by atoms with Crippen molar-refractivity contribution in [2.75, 3.05) is 25.1 Å². The number of pyridine rings is 1. The molecule has 1 aliphatic carbocycles. The minimum atomic E-state index is -0.127. The van der Waals surface area contributed by atoms with Gasteiger partial charge in [0.1, 0.15) is 5.75 Å². The first-order chi connectivity index (χ1) is 13.7. The summed E-state index contributed by atoms with van der Waals surface area (Å²) in [5.74, 6) is 0.686. The molecule has 0 atom stereocenters. The van der Waals surface area contributed by atoms with Crippen molar-refractivity contribution in [3.05, 3.63) is 42.2 Å². The second-order valence-corrected chi connectivity index (χ2v) is 7.36. The lowest BCUT2D eigenvalue weighted by atomic mass is 9.87. The molecule has 1 saturated carbocycles. The Hall–Kier alpha value is -2.76. The van der Waals surface area contributed by atoms with Crippen molar-refractivity contribution in [2.45, 2.75) is 31.3 Å². The van der Waals surface area contributed by atoms with Gasteiger partial charge in [0.15, 0.2) is 5.69 Å². The summed E-state index contributed by atoms with van der Waals surface area (Å²) >= 11 is 4.64. The lowest BCUT2D eigenvalue weighted by molar-refractivity contribution is 0.0906. The monoisotopic (exact) mass is 394 g/mol. The Kier molecular flexibility index (Phi) is 5.37. The number of methoxy groups -OCH3 is 1. The summed E-state index contributed by atoms with van der Waals surface area (Å²) in [6.45, 7) is 1.89. The predicted molar refractivity (Wildman–Crippen MR) is 112 cm³/mol. The minimum Gasteiger partial charge on any atom is -0.497 e. The molecule has 1 aromatic carbocycles. The standard InChI is InChI=1S/C21H22N4O2S/c1-27-18-5-3-14(4-6-18)15-9-19(25-7-2-8-25)20(22-12-15)21(26)24-17-10-16(11-17)23-13-28/h3-6,9,12,16-17H,2,7-8,10-11H2,1H3,(H,24,26)/t16-,17+. The molecule has 2 fully saturated rings. The zero-order valence-electron chi connectivity index (χ0n) is 15.7. The van der Waals surface area contributed by atoms with Gasteiger partial charge in [0.2, 0.25) is 0 Å². The number of nitrogens with zero attached hydrogens (tertiary/aromatic N) is 3. The van der Waals surface area contributed by atoms with Gasteiger partial charge in [0.25, 0.3) is 5.91 Å². The molecule has 2 aromatic rings. The van der Waals surface area contributed by atoms with Crippen LogP contribution in [-0.2, 0) is 0 Å². The van der Waals surface area contributed by atoms with Gasteiger partial charge >= 0.3 is 0 Å². The van der Waals surface area contributed by atoms with Crippen LogP contribution in [0.4, 0.5) is 5.69 Å². The van der Waals surface area contributed by atoms with E-state index in [0.717, 1.165) is 54.9 Å². The van der Waals surface area contributed by atoms with E-state index in [1.54, 1.807) is 13.3 Å². The average Bonchev–Trinajstić information content (AvgIpc) is 2.65.